The highest BCUT2D eigenvalue weighted by Crippen LogP contribution is 2.24. The number of hydrogen-bond donors (Lipinski definition) is 1. The highest BCUT2D eigenvalue weighted by molar-refractivity contribution is 7.89. The summed E-state index contributed by atoms with van der Waals surface area (Å²) in [5.74, 6) is -0.543. The first kappa shape index (κ1) is 25.8. The molecule has 0 unspecified atom stereocenters. The van der Waals surface area contributed by atoms with E-state index < -0.39 is 26.0 Å². The second kappa shape index (κ2) is 10.8. The smallest absolute Gasteiger partial charge is 0.243 e. The number of amides is 1. The highest BCUT2D eigenvalue weighted by atomic mass is 32.2. The summed E-state index contributed by atoms with van der Waals surface area (Å²) in [7, 11) is -7.06. The van der Waals surface area contributed by atoms with Gasteiger partial charge in [0.15, 0.2) is 0 Å². The third-order valence-electron chi connectivity index (χ3n) is 6.75. The molecule has 0 aliphatic carbocycles. The van der Waals surface area contributed by atoms with E-state index in [2.05, 4.69) is 5.32 Å². The first-order chi connectivity index (χ1) is 16.7. The second-order valence-corrected chi connectivity index (χ2v) is 13.2. The maximum Gasteiger partial charge on any atom is 0.243 e. The third kappa shape index (κ3) is 5.94. The van der Waals surface area contributed by atoms with Gasteiger partial charge in [0.2, 0.25) is 26.0 Å². The summed E-state index contributed by atoms with van der Waals surface area (Å²) in [5.41, 5.74) is 1.92. The molecule has 8 nitrogen and oxygen atoms in total. The highest BCUT2D eigenvalue weighted by Gasteiger charge is 2.33. The second-order valence-electron chi connectivity index (χ2n) is 9.31. The van der Waals surface area contributed by atoms with Crippen LogP contribution in [0.5, 0.6) is 0 Å². The van der Waals surface area contributed by atoms with Gasteiger partial charge in [-0.3, -0.25) is 4.79 Å². The molecule has 2 saturated heterocycles. The molecule has 2 aliphatic rings. The zero-order valence-electron chi connectivity index (χ0n) is 20.0. The average molecular weight is 520 g/mol. The zero-order chi connectivity index (χ0) is 25.1. The summed E-state index contributed by atoms with van der Waals surface area (Å²) in [6.07, 6.45) is 3.64. The Hall–Kier alpha value is -2.27. The molecule has 10 heteroatoms. The van der Waals surface area contributed by atoms with E-state index in [4.69, 9.17) is 0 Å². The minimum atomic E-state index is -3.63. The van der Waals surface area contributed by atoms with Crippen molar-refractivity contribution in [3.63, 3.8) is 0 Å². The number of aryl methyl sites for hydroxylation is 1. The first-order valence-electron chi connectivity index (χ1n) is 12.1. The lowest BCUT2D eigenvalue weighted by Crippen LogP contribution is -2.45. The van der Waals surface area contributed by atoms with Crippen LogP contribution >= 0.6 is 0 Å². The lowest BCUT2D eigenvalue weighted by atomic mass is 9.99. The SMILES string of the molecule is Cc1ccc(S(=O)(=O)N2CCC[C@@H](C(=O)NCCc3ccc(S(=O)(=O)N4CCCC4)cc3)C2)cc1. The van der Waals surface area contributed by atoms with E-state index >= 15 is 0 Å². The van der Waals surface area contributed by atoms with Gasteiger partial charge in [-0.15, -0.1) is 0 Å². The van der Waals surface area contributed by atoms with Gasteiger partial charge in [-0.25, -0.2) is 16.8 Å². The lowest BCUT2D eigenvalue weighted by Gasteiger charge is -2.31. The van der Waals surface area contributed by atoms with Crippen molar-refractivity contribution in [1.29, 1.82) is 0 Å². The molecule has 4 rings (SSSR count). The maximum atomic E-state index is 13.0. The molecule has 0 spiro atoms. The van der Waals surface area contributed by atoms with Gasteiger partial charge in [0.25, 0.3) is 0 Å². The van der Waals surface area contributed by atoms with Crippen LogP contribution in [0, 0.1) is 12.8 Å². The molecule has 1 atom stereocenters. The predicted molar refractivity (Wildman–Crippen MR) is 134 cm³/mol. The molecule has 2 aromatic rings. The van der Waals surface area contributed by atoms with Crippen LogP contribution < -0.4 is 5.32 Å². The Kier molecular flexibility index (Phi) is 7.95. The van der Waals surface area contributed by atoms with Crippen molar-refractivity contribution >= 4 is 26.0 Å². The van der Waals surface area contributed by atoms with Gasteiger partial charge < -0.3 is 5.32 Å². The molecule has 2 aromatic carbocycles. The van der Waals surface area contributed by atoms with Crippen molar-refractivity contribution in [1.82, 2.24) is 13.9 Å². The molecule has 1 N–H and O–H groups in total. The molecule has 35 heavy (non-hydrogen) atoms. The van der Waals surface area contributed by atoms with Crippen molar-refractivity contribution in [3.8, 4) is 0 Å². The van der Waals surface area contributed by atoms with E-state index in [1.165, 1.54) is 8.61 Å². The Morgan fingerprint density at radius 2 is 1.37 bits per heavy atom. The minimum absolute atomic E-state index is 0.151. The molecule has 0 saturated carbocycles. The molecular weight excluding hydrogens is 486 g/mol. The first-order valence-corrected chi connectivity index (χ1v) is 15.0. The average Bonchev–Trinajstić information content (AvgIpc) is 3.41. The Bertz CT molecular complexity index is 1240. The molecule has 0 bridgehead atoms. The summed E-state index contributed by atoms with van der Waals surface area (Å²) in [4.78, 5) is 13.3. The molecule has 1 amide bonds. The van der Waals surface area contributed by atoms with E-state index in [1.807, 2.05) is 6.92 Å². The minimum Gasteiger partial charge on any atom is -0.355 e. The molecule has 0 radical (unpaired) electrons. The number of piperidine rings is 1. The van der Waals surface area contributed by atoms with Crippen molar-refractivity contribution in [3.05, 3.63) is 59.7 Å². The summed E-state index contributed by atoms with van der Waals surface area (Å²) in [6.45, 7) is 4.03. The van der Waals surface area contributed by atoms with E-state index in [0.29, 0.717) is 50.3 Å². The maximum absolute atomic E-state index is 13.0. The van der Waals surface area contributed by atoms with E-state index in [9.17, 15) is 21.6 Å². The number of rotatable bonds is 8. The van der Waals surface area contributed by atoms with Gasteiger partial charge in [-0.1, -0.05) is 29.8 Å². The van der Waals surface area contributed by atoms with Crippen LogP contribution in [0.4, 0.5) is 0 Å². The monoisotopic (exact) mass is 519 g/mol. The Morgan fingerprint density at radius 1 is 0.829 bits per heavy atom. The third-order valence-corrected chi connectivity index (χ3v) is 10.5. The normalized spacial score (nSPS) is 20.1. The molecule has 2 heterocycles. The van der Waals surface area contributed by atoms with Crippen molar-refractivity contribution in [2.75, 3.05) is 32.7 Å². The number of sulfonamides is 2. The Morgan fingerprint density at radius 3 is 2.00 bits per heavy atom. The van der Waals surface area contributed by atoms with Gasteiger partial charge in [-0.05, 0) is 68.9 Å². The number of carbonyl (C=O) groups excluding carboxylic acids is 1. The van der Waals surface area contributed by atoms with Gasteiger partial charge in [-0.2, -0.15) is 8.61 Å². The standard InChI is InChI=1S/C25H33N3O5S2/c1-20-6-10-23(11-7-20)35(32,33)28-18-4-5-22(19-28)25(29)26-15-14-21-8-12-24(13-9-21)34(30,31)27-16-2-3-17-27/h6-13,22H,2-5,14-19H2,1H3,(H,26,29)/t22-/m1/s1. The van der Waals surface area contributed by atoms with Crippen LogP contribution in [0.25, 0.3) is 0 Å². The quantitative estimate of drug-likeness (QED) is 0.577. The van der Waals surface area contributed by atoms with Crippen LogP contribution in [-0.2, 0) is 31.3 Å². The van der Waals surface area contributed by atoms with E-state index in [-0.39, 0.29) is 17.3 Å². The fourth-order valence-corrected chi connectivity index (χ4v) is 7.65. The molecule has 190 valence electrons. The lowest BCUT2D eigenvalue weighted by molar-refractivity contribution is -0.126. The van der Waals surface area contributed by atoms with Crippen LogP contribution in [0.3, 0.4) is 0 Å². The largest absolute Gasteiger partial charge is 0.355 e. The van der Waals surface area contributed by atoms with Gasteiger partial charge in [0, 0.05) is 32.7 Å². The topological polar surface area (TPSA) is 104 Å². The Labute approximate surface area is 208 Å². The van der Waals surface area contributed by atoms with E-state index in [0.717, 1.165) is 24.0 Å². The molecular formula is C25H33N3O5S2. The zero-order valence-corrected chi connectivity index (χ0v) is 21.7. The van der Waals surface area contributed by atoms with Crippen LogP contribution in [0.2, 0.25) is 0 Å². The number of benzene rings is 2. The van der Waals surface area contributed by atoms with Crippen molar-refractivity contribution in [2.24, 2.45) is 5.92 Å². The van der Waals surface area contributed by atoms with Crippen molar-refractivity contribution in [2.45, 2.75) is 48.8 Å². The van der Waals surface area contributed by atoms with Gasteiger partial charge >= 0.3 is 0 Å². The van der Waals surface area contributed by atoms with Gasteiger partial charge in [0.05, 0.1) is 15.7 Å². The van der Waals surface area contributed by atoms with Crippen molar-refractivity contribution < 1.29 is 21.6 Å². The molecule has 2 fully saturated rings. The summed E-state index contributed by atoms with van der Waals surface area (Å²) >= 11 is 0. The van der Waals surface area contributed by atoms with Crippen LogP contribution in [-0.4, -0.2) is 64.1 Å². The fraction of sp³-hybridized carbons (Fsp3) is 0.480. The predicted octanol–water partition coefficient (Wildman–Crippen LogP) is 2.54. The van der Waals surface area contributed by atoms with Crippen LogP contribution in [0.15, 0.2) is 58.3 Å². The van der Waals surface area contributed by atoms with E-state index in [1.54, 1.807) is 48.5 Å². The number of hydrogen-bond acceptors (Lipinski definition) is 5. The molecule has 2 aliphatic heterocycles. The number of nitrogens with one attached hydrogen (secondary N) is 1. The Balaban J connectivity index is 1.29. The summed E-state index contributed by atoms with van der Waals surface area (Å²) in [5, 5.41) is 2.92. The molecule has 0 aromatic heterocycles. The van der Waals surface area contributed by atoms with Gasteiger partial charge in [0.1, 0.15) is 0 Å². The van der Waals surface area contributed by atoms with Crippen LogP contribution in [0.1, 0.15) is 36.8 Å². The number of nitrogens with zero attached hydrogens (tertiary/aromatic N) is 2. The fourth-order valence-electron chi connectivity index (χ4n) is 4.61. The summed E-state index contributed by atoms with van der Waals surface area (Å²) in [6, 6.07) is 13.6. The number of carbonyl (C=O) groups is 1. The summed E-state index contributed by atoms with van der Waals surface area (Å²) < 4.78 is 54.2.